The van der Waals surface area contributed by atoms with E-state index in [1.54, 1.807) is 13.1 Å². The molecule has 3 N–H and O–H groups in total. The summed E-state index contributed by atoms with van der Waals surface area (Å²) in [4.78, 5) is 31.8. The van der Waals surface area contributed by atoms with E-state index in [4.69, 9.17) is 4.74 Å². The van der Waals surface area contributed by atoms with Gasteiger partial charge in [-0.05, 0) is 75.8 Å². The van der Waals surface area contributed by atoms with Crippen molar-refractivity contribution in [2.45, 2.75) is 62.1 Å². The fraction of sp³-hybridized carbons (Fsp3) is 0.517. The van der Waals surface area contributed by atoms with Gasteiger partial charge in [0.2, 0.25) is 8.41 Å². The number of ether oxygens (including phenoxy) is 1. The van der Waals surface area contributed by atoms with Crippen LogP contribution in [0.1, 0.15) is 31.7 Å². The number of carbonyl (C=O) groups is 2. The third kappa shape index (κ3) is 3.87. The quantitative estimate of drug-likeness (QED) is 0.387. The predicted molar refractivity (Wildman–Crippen MR) is 151 cm³/mol. The van der Waals surface area contributed by atoms with Crippen molar-refractivity contribution in [1.29, 1.82) is 0 Å². The molecule has 2 aromatic rings. The molecule has 4 aliphatic heterocycles. The van der Waals surface area contributed by atoms with Gasteiger partial charge in [0.15, 0.2) is 5.60 Å². The lowest BCUT2D eigenvalue weighted by Gasteiger charge is -2.39. The van der Waals surface area contributed by atoms with Crippen LogP contribution in [0, 0.1) is 5.92 Å². The maximum Gasteiger partial charge on any atom is 0.261 e. The van der Waals surface area contributed by atoms with Crippen LogP contribution in [0.3, 0.4) is 0 Å². The molecule has 0 radical (unpaired) electrons. The molecule has 0 saturated carbocycles. The van der Waals surface area contributed by atoms with Crippen LogP contribution >= 0.6 is 0 Å². The highest BCUT2D eigenvalue weighted by Gasteiger charge is 2.65. The van der Waals surface area contributed by atoms with Gasteiger partial charge in [-0.25, -0.2) is 0 Å². The van der Waals surface area contributed by atoms with Gasteiger partial charge in [-0.1, -0.05) is 25.1 Å². The summed E-state index contributed by atoms with van der Waals surface area (Å²) >= 11 is 0. The molecule has 0 aliphatic carbocycles. The van der Waals surface area contributed by atoms with E-state index < -0.39 is 37.1 Å². The molecule has 10 heteroatoms. The van der Waals surface area contributed by atoms with Gasteiger partial charge in [0, 0.05) is 40.7 Å². The number of halogens is 1. The largest absolute Gasteiger partial charge is 0.396 e. The van der Waals surface area contributed by atoms with E-state index in [-0.39, 0.29) is 24.8 Å². The molecule has 3 fully saturated rings. The number of fused-ring (bicyclic) bond motifs is 2. The van der Waals surface area contributed by atoms with Gasteiger partial charge in [-0.15, -0.1) is 0 Å². The first-order chi connectivity index (χ1) is 18.6. The van der Waals surface area contributed by atoms with Gasteiger partial charge in [0.05, 0.1) is 12.8 Å². The Morgan fingerprint density at radius 1 is 1.10 bits per heavy atom. The van der Waals surface area contributed by atoms with Crippen LogP contribution in [0.2, 0.25) is 18.6 Å². The number of piperidine rings is 1. The van der Waals surface area contributed by atoms with Gasteiger partial charge in [0.1, 0.15) is 5.54 Å². The number of anilines is 3. The lowest BCUT2D eigenvalue weighted by molar-refractivity contribution is -0.143. The number of rotatable bonds is 5. The summed E-state index contributed by atoms with van der Waals surface area (Å²) in [7, 11) is -3.25. The minimum Gasteiger partial charge on any atom is -0.396 e. The van der Waals surface area contributed by atoms with E-state index in [2.05, 4.69) is 15.5 Å². The van der Waals surface area contributed by atoms with E-state index in [9.17, 15) is 14.7 Å². The number of hydrogen-bond donors (Lipinski definition) is 3. The van der Waals surface area contributed by atoms with Crippen molar-refractivity contribution in [3.63, 3.8) is 0 Å². The number of carbonyl (C=O) groups excluding carboxylic acids is 2. The van der Waals surface area contributed by atoms with Gasteiger partial charge >= 0.3 is 0 Å². The molecule has 2 spiro atoms. The number of hydrogen-bond acceptors (Lipinski definition) is 6. The maximum atomic E-state index is 15.6. The number of para-hydroxylation sites is 1. The van der Waals surface area contributed by atoms with Crippen LogP contribution in [0.4, 0.5) is 21.2 Å². The molecule has 208 valence electrons. The third-order valence-electron chi connectivity index (χ3n) is 9.37. The van der Waals surface area contributed by atoms with Crippen molar-refractivity contribution in [3.05, 3.63) is 54.1 Å². The van der Waals surface area contributed by atoms with Gasteiger partial charge in [-0.2, -0.15) is 0 Å². The van der Waals surface area contributed by atoms with E-state index >= 15 is 4.11 Å². The van der Waals surface area contributed by atoms with Crippen molar-refractivity contribution in [2.24, 2.45) is 5.92 Å². The molecular formula is C29H37FN4O4Si. The molecule has 2 amide bonds. The Labute approximate surface area is 229 Å². The Hall–Kier alpha value is -2.79. The molecule has 39 heavy (non-hydrogen) atoms. The smallest absolute Gasteiger partial charge is 0.261 e. The second kappa shape index (κ2) is 9.40. The first-order valence-corrected chi connectivity index (χ1v) is 16.9. The minimum absolute atomic E-state index is 0.0489. The Morgan fingerprint density at radius 3 is 2.49 bits per heavy atom. The maximum absolute atomic E-state index is 15.6. The zero-order valence-electron chi connectivity index (χ0n) is 22.7. The molecule has 8 nitrogen and oxygen atoms in total. The lowest BCUT2D eigenvalue weighted by Crippen LogP contribution is -2.55. The lowest BCUT2D eigenvalue weighted by atomic mass is 9.82. The average molecular weight is 553 g/mol. The molecule has 6 rings (SSSR count). The Kier molecular flexibility index (Phi) is 6.37. The van der Waals surface area contributed by atoms with Crippen LogP contribution < -0.4 is 20.4 Å². The van der Waals surface area contributed by atoms with Crippen molar-refractivity contribution in [1.82, 2.24) is 5.32 Å². The standard InChI is InChI=1S/C29H37FN4O4Si/c1-19-25(39(2,3)30)24(11-16-35)38-29(19)22-17-21(9-10-23(22)32-26(29)36)33-18-34(20-7-5-4-6-8-20)28(27(33)37)12-14-31-15-13-28/h4-10,17,19,24-25,31,35H,11-16,18H2,1-3H3,(H,32,36)/t19-,24+,25-,29+/m1/s1. The predicted octanol–water partition coefficient (Wildman–Crippen LogP) is 3.73. The average Bonchev–Trinajstić information content (AvgIpc) is 3.48. The third-order valence-corrected chi connectivity index (χ3v) is 11.8. The molecule has 4 heterocycles. The molecule has 0 unspecified atom stereocenters. The molecule has 2 aromatic carbocycles. The molecule has 4 atom stereocenters. The SMILES string of the molecule is C[C@@H]1[C@@H]([Si](C)(C)F)[C@H](CCO)O[C@@]12C(=O)Nc1ccc(N3CN(c4ccccc4)C4(CCNCC4)C3=O)cc12. The van der Waals surface area contributed by atoms with Crippen molar-refractivity contribution >= 4 is 37.3 Å². The number of nitrogens with zero attached hydrogens (tertiary/aromatic N) is 2. The topological polar surface area (TPSA) is 94.1 Å². The van der Waals surface area contributed by atoms with E-state index in [1.165, 1.54) is 0 Å². The summed E-state index contributed by atoms with van der Waals surface area (Å²) in [5.74, 6) is -0.685. The zero-order valence-corrected chi connectivity index (χ0v) is 23.7. The number of amides is 2. The summed E-state index contributed by atoms with van der Waals surface area (Å²) in [6.07, 6.45) is 1.11. The highest BCUT2D eigenvalue weighted by molar-refractivity contribution is 6.72. The second-order valence-corrected chi connectivity index (χ2v) is 15.7. The summed E-state index contributed by atoms with van der Waals surface area (Å²) in [6, 6.07) is 15.6. The van der Waals surface area contributed by atoms with E-state index in [1.807, 2.05) is 60.4 Å². The normalized spacial score (nSPS) is 29.9. The Bertz CT molecular complexity index is 1280. The molecule has 0 aromatic heterocycles. The first-order valence-electron chi connectivity index (χ1n) is 13.9. The summed E-state index contributed by atoms with van der Waals surface area (Å²) < 4.78 is 22.1. The minimum atomic E-state index is -3.25. The van der Waals surface area contributed by atoms with Gasteiger partial charge < -0.3 is 29.5 Å². The van der Waals surface area contributed by atoms with Gasteiger partial charge in [-0.3, -0.25) is 14.5 Å². The van der Waals surface area contributed by atoms with Crippen LogP contribution in [0.15, 0.2) is 48.5 Å². The number of benzene rings is 2. The van der Waals surface area contributed by atoms with E-state index in [0.717, 1.165) is 18.8 Å². The second-order valence-electron chi connectivity index (χ2n) is 11.9. The highest BCUT2D eigenvalue weighted by Crippen LogP contribution is 2.59. The molecule has 4 aliphatic rings. The van der Waals surface area contributed by atoms with Crippen LogP contribution in [0.25, 0.3) is 0 Å². The zero-order chi connectivity index (χ0) is 27.6. The Morgan fingerprint density at radius 2 is 1.82 bits per heavy atom. The van der Waals surface area contributed by atoms with Crippen molar-refractivity contribution in [3.8, 4) is 0 Å². The monoisotopic (exact) mass is 552 g/mol. The van der Waals surface area contributed by atoms with Crippen LogP contribution in [-0.4, -0.2) is 63.3 Å². The summed E-state index contributed by atoms with van der Waals surface area (Å²) in [6.45, 7) is 6.95. The summed E-state index contributed by atoms with van der Waals surface area (Å²) in [5.41, 5.74) is 0.510. The van der Waals surface area contributed by atoms with Gasteiger partial charge in [0.25, 0.3) is 11.8 Å². The van der Waals surface area contributed by atoms with Crippen molar-refractivity contribution in [2.75, 3.05) is 41.5 Å². The number of aliphatic hydroxyl groups is 1. The van der Waals surface area contributed by atoms with Crippen LogP contribution in [-0.2, 0) is 19.9 Å². The van der Waals surface area contributed by atoms with E-state index in [0.29, 0.717) is 36.4 Å². The first kappa shape index (κ1) is 26.4. The van der Waals surface area contributed by atoms with Crippen LogP contribution in [0.5, 0.6) is 0 Å². The number of nitrogens with one attached hydrogen (secondary N) is 2. The fourth-order valence-electron chi connectivity index (χ4n) is 7.59. The molecular weight excluding hydrogens is 515 g/mol. The van der Waals surface area contributed by atoms with Crippen molar-refractivity contribution < 1.29 is 23.5 Å². The highest BCUT2D eigenvalue weighted by atomic mass is 28.4. The Balaban J connectivity index is 1.41. The molecule has 3 saturated heterocycles. The molecule has 0 bridgehead atoms. The fourth-order valence-corrected chi connectivity index (χ4v) is 10.1. The summed E-state index contributed by atoms with van der Waals surface area (Å²) in [5, 5.41) is 16.1. The number of aliphatic hydroxyl groups excluding tert-OH is 1.